The second-order valence-electron chi connectivity index (χ2n) is 6.74. The first-order valence-corrected chi connectivity index (χ1v) is 9.90. The molecule has 0 amide bonds. The van der Waals surface area contributed by atoms with Crippen LogP contribution in [0.3, 0.4) is 0 Å². The van der Waals surface area contributed by atoms with Gasteiger partial charge in [-0.25, -0.2) is 0 Å². The van der Waals surface area contributed by atoms with Crippen molar-refractivity contribution in [3.05, 3.63) is 42.0 Å². The number of benzene rings is 2. The molecular formula is C19H21F3N4S2. The van der Waals surface area contributed by atoms with Crippen molar-refractivity contribution in [2.24, 2.45) is 5.73 Å². The average molecular weight is 427 g/mol. The summed E-state index contributed by atoms with van der Waals surface area (Å²) in [6.45, 7) is 1.51. The van der Waals surface area contributed by atoms with Gasteiger partial charge in [0.25, 0.3) is 0 Å². The molecule has 0 saturated carbocycles. The van der Waals surface area contributed by atoms with Gasteiger partial charge in [-0.15, -0.1) is 0 Å². The number of fused-ring (bicyclic) bond motifs is 2. The fraction of sp³-hybridized carbons (Fsp3) is 0.316. The maximum absolute atomic E-state index is 13.4. The third-order valence-electron chi connectivity index (χ3n) is 4.29. The Kier molecular flexibility index (Phi) is 6.07. The lowest BCUT2D eigenvalue weighted by atomic mass is 10.1. The SMILES string of the molecule is CN(C)CCCN1c2ccccc2Sc2cc(C(F)(F)F)cc(NC(N)=S)c21. The molecule has 9 heteroatoms. The maximum Gasteiger partial charge on any atom is 0.416 e. The number of alkyl halides is 3. The predicted octanol–water partition coefficient (Wildman–Crippen LogP) is 4.92. The zero-order valence-corrected chi connectivity index (χ0v) is 17.1. The summed E-state index contributed by atoms with van der Waals surface area (Å²) >= 11 is 6.23. The summed E-state index contributed by atoms with van der Waals surface area (Å²) in [7, 11) is 3.98. The highest BCUT2D eigenvalue weighted by molar-refractivity contribution is 7.99. The molecular weight excluding hydrogens is 405 g/mol. The van der Waals surface area contributed by atoms with Crippen LogP contribution in [0.4, 0.5) is 30.2 Å². The van der Waals surface area contributed by atoms with Crippen LogP contribution >= 0.6 is 24.0 Å². The Bertz CT molecular complexity index is 884. The first kappa shape index (κ1) is 20.8. The Morgan fingerprint density at radius 1 is 1.21 bits per heavy atom. The molecule has 0 bridgehead atoms. The van der Waals surface area contributed by atoms with Crippen molar-refractivity contribution >= 4 is 46.2 Å². The van der Waals surface area contributed by atoms with Gasteiger partial charge in [0.1, 0.15) is 0 Å². The first-order chi connectivity index (χ1) is 13.2. The van der Waals surface area contributed by atoms with E-state index >= 15 is 0 Å². The van der Waals surface area contributed by atoms with E-state index in [0.717, 1.165) is 29.6 Å². The van der Waals surface area contributed by atoms with Crippen molar-refractivity contribution in [1.82, 2.24) is 4.90 Å². The zero-order chi connectivity index (χ0) is 20.5. The second kappa shape index (κ2) is 8.18. The number of para-hydroxylation sites is 1. The molecule has 0 radical (unpaired) electrons. The third kappa shape index (κ3) is 4.53. The Labute approximate surface area is 171 Å². The quantitative estimate of drug-likeness (QED) is 0.662. The van der Waals surface area contributed by atoms with E-state index in [-0.39, 0.29) is 10.8 Å². The molecule has 0 unspecified atom stereocenters. The maximum atomic E-state index is 13.4. The third-order valence-corrected chi connectivity index (χ3v) is 5.49. The molecule has 2 aromatic carbocycles. The molecule has 0 saturated heterocycles. The van der Waals surface area contributed by atoms with Crippen LogP contribution in [0, 0.1) is 0 Å². The molecule has 3 rings (SSSR count). The van der Waals surface area contributed by atoms with Gasteiger partial charge in [0, 0.05) is 16.3 Å². The van der Waals surface area contributed by atoms with Gasteiger partial charge in [-0.1, -0.05) is 23.9 Å². The molecule has 0 aromatic heterocycles. The highest BCUT2D eigenvalue weighted by atomic mass is 32.2. The molecule has 28 heavy (non-hydrogen) atoms. The molecule has 3 N–H and O–H groups in total. The van der Waals surface area contributed by atoms with E-state index in [2.05, 4.69) is 10.2 Å². The number of rotatable bonds is 5. The highest BCUT2D eigenvalue weighted by Gasteiger charge is 2.35. The molecule has 150 valence electrons. The number of anilines is 3. The van der Waals surface area contributed by atoms with Crippen molar-refractivity contribution in [3.63, 3.8) is 0 Å². The summed E-state index contributed by atoms with van der Waals surface area (Å²) in [6, 6.07) is 9.97. The molecule has 0 fully saturated rings. The number of nitrogens with zero attached hydrogens (tertiary/aromatic N) is 2. The first-order valence-electron chi connectivity index (χ1n) is 8.67. The minimum absolute atomic E-state index is 0.0707. The zero-order valence-electron chi connectivity index (χ0n) is 15.5. The van der Waals surface area contributed by atoms with Gasteiger partial charge in [-0.05, 0) is 63.5 Å². The Hall–Kier alpha value is -1.97. The Morgan fingerprint density at radius 3 is 2.57 bits per heavy atom. The highest BCUT2D eigenvalue weighted by Crippen LogP contribution is 2.52. The second-order valence-corrected chi connectivity index (χ2v) is 8.26. The topological polar surface area (TPSA) is 44.5 Å². The van der Waals surface area contributed by atoms with E-state index in [1.54, 1.807) is 0 Å². The lowest BCUT2D eigenvalue weighted by molar-refractivity contribution is -0.137. The lowest BCUT2D eigenvalue weighted by Crippen LogP contribution is -2.28. The van der Waals surface area contributed by atoms with Gasteiger partial charge in [0.2, 0.25) is 0 Å². The van der Waals surface area contributed by atoms with Crippen molar-refractivity contribution in [3.8, 4) is 0 Å². The van der Waals surface area contributed by atoms with Gasteiger partial charge in [0.05, 0.1) is 22.6 Å². The number of nitrogens with two attached hydrogens (primary N) is 1. The van der Waals surface area contributed by atoms with Gasteiger partial charge in [-0.3, -0.25) is 0 Å². The summed E-state index contributed by atoms with van der Waals surface area (Å²) in [5, 5.41) is 2.68. The average Bonchev–Trinajstić information content (AvgIpc) is 2.59. The van der Waals surface area contributed by atoms with Crippen LogP contribution in [0.25, 0.3) is 0 Å². The van der Waals surface area contributed by atoms with E-state index < -0.39 is 11.7 Å². The molecule has 2 aromatic rings. The molecule has 0 spiro atoms. The Balaban J connectivity index is 2.13. The fourth-order valence-electron chi connectivity index (χ4n) is 3.14. The van der Waals surface area contributed by atoms with Crippen LogP contribution in [-0.2, 0) is 6.18 Å². The lowest BCUT2D eigenvalue weighted by Gasteiger charge is -2.35. The van der Waals surface area contributed by atoms with E-state index in [1.165, 1.54) is 17.8 Å². The molecule has 4 nitrogen and oxygen atoms in total. The van der Waals surface area contributed by atoms with Gasteiger partial charge in [-0.2, -0.15) is 13.2 Å². The summed E-state index contributed by atoms with van der Waals surface area (Å²) in [4.78, 5) is 5.57. The molecule has 0 aliphatic carbocycles. The summed E-state index contributed by atoms with van der Waals surface area (Å²) in [5.41, 5.74) is 6.77. The number of thiocarbonyl (C=S) groups is 1. The van der Waals surface area contributed by atoms with Crippen molar-refractivity contribution < 1.29 is 13.2 Å². The summed E-state index contributed by atoms with van der Waals surface area (Å²) in [6.07, 6.45) is -3.62. The number of nitrogens with one attached hydrogen (secondary N) is 1. The largest absolute Gasteiger partial charge is 0.416 e. The van der Waals surface area contributed by atoms with Crippen molar-refractivity contribution in [1.29, 1.82) is 0 Å². The van der Waals surface area contributed by atoms with Gasteiger partial charge in [0.15, 0.2) is 5.11 Å². The molecule has 1 aliphatic rings. The van der Waals surface area contributed by atoms with Crippen LogP contribution in [0.5, 0.6) is 0 Å². The number of halogens is 3. The normalized spacial score (nSPS) is 13.3. The van der Waals surface area contributed by atoms with Gasteiger partial charge < -0.3 is 20.9 Å². The van der Waals surface area contributed by atoms with Crippen LogP contribution in [-0.4, -0.2) is 37.2 Å². The standard InChI is InChI=1S/C19H21F3N4S2/c1-25(2)8-5-9-26-14-6-3-4-7-15(14)28-16-11-12(19(20,21)22)10-13(17(16)26)24-18(23)27/h3-4,6-7,10-11H,5,8-9H2,1-2H3,(H3,23,24,27). The van der Waals surface area contributed by atoms with E-state index in [4.69, 9.17) is 18.0 Å². The summed E-state index contributed by atoms with van der Waals surface area (Å²) in [5.74, 6) is 0. The minimum atomic E-state index is -4.46. The number of hydrogen-bond acceptors (Lipinski definition) is 4. The van der Waals surface area contributed by atoms with Crippen molar-refractivity contribution in [2.75, 3.05) is 37.4 Å². The van der Waals surface area contributed by atoms with E-state index in [9.17, 15) is 13.2 Å². The minimum Gasteiger partial charge on any atom is -0.376 e. The monoisotopic (exact) mass is 426 g/mol. The summed E-state index contributed by atoms with van der Waals surface area (Å²) < 4.78 is 40.3. The van der Waals surface area contributed by atoms with Crippen LogP contribution < -0.4 is 16.0 Å². The van der Waals surface area contributed by atoms with E-state index in [1.807, 2.05) is 43.3 Å². The van der Waals surface area contributed by atoms with Crippen LogP contribution in [0.1, 0.15) is 12.0 Å². The predicted molar refractivity (Wildman–Crippen MR) is 113 cm³/mol. The Morgan fingerprint density at radius 2 is 1.93 bits per heavy atom. The van der Waals surface area contributed by atoms with E-state index in [0.29, 0.717) is 17.1 Å². The number of hydrogen-bond donors (Lipinski definition) is 2. The van der Waals surface area contributed by atoms with Crippen LogP contribution in [0.15, 0.2) is 46.2 Å². The fourth-order valence-corrected chi connectivity index (χ4v) is 4.42. The van der Waals surface area contributed by atoms with Crippen LogP contribution in [0.2, 0.25) is 0 Å². The molecule has 0 atom stereocenters. The molecule has 1 aliphatic heterocycles. The van der Waals surface area contributed by atoms with Crippen molar-refractivity contribution in [2.45, 2.75) is 22.4 Å². The smallest absolute Gasteiger partial charge is 0.376 e. The van der Waals surface area contributed by atoms with Gasteiger partial charge >= 0.3 is 6.18 Å². The molecule has 1 heterocycles.